The van der Waals surface area contributed by atoms with E-state index in [9.17, 15) is 4.79 Å². The van der Waals surface area contributed by atoms with Crippen LogP contribution in [0.1, 0.15) is 17.0 Å². The number of benzene rings is 2. The highest BCUT2D eigenvalue weighted by atomic mass is 16.5. The maximum atomic E-state index is 11.9. The third-order valence-corrected chi connectivity index (χ3v) is 3.85. The molecule has 1 aliphatic rings. The molecule has 0 aliphatic carbocycles. The van der Waals surface area contributed by atoms with Crippen LogP contribution in [0.15, 0.2) is 36.4 Å². The summed E-state index contributed by atoms with van der Waals surface area (Å²) in [5.41, 5.74) is 7.24. The Morgan fingerprint density at radius 3 is 2.50 bits per heavy atom. The molecule has 0 bridgehead atoms. The maximum Gasteiger partial charge on any atom is 0.225 e. The number of hydrogen-bond donors (Lipinski definition) is 1. The summed E-state index contributed by atoms with van der Waals surface area (Å²) in [4.78, 5) is 11.9. The van der Waals surface area contributed by atoms with E-state index in [2.05, 4.69) is 0 Å². The second kappa shape index (κ2) is 5.60. The van der Waals surface area contributed by atoms with E-state index >= 15 is 0 Å². The van der Waals surface area contributed by atoms with Gasteiger partial charge in [0.25, 0.3) is 0 Å². The smallest absolute Gasteiger partial charge is 0.225 e. The highest BCUT2D eigenvalue weighted by molar-refractivity contribution is 5.83. The van der Waals surface area contributed by atoms with Crippen molar-refractivity contribution < 1.29 is 19.0 Å². The van der Waals surface area contributed by atoms with Crippen molar-refractivity contribution >= 4 is 5.91 Å². The normalized spacial score (nSPS) is 15.8. The van der Waals surface area contributed by atoms with Gasteiger partial charge in [-0.25, -0.2) is 0 Å². The molecule has 0 radical (unpaired) electrons. The molecule has 2 aromatic carbocycles. The number of nitrogens with two attached hydrogens (primary N) is 1. The van der Waals surface area contributed by atoms with Gasteiger partial charge in [0.05, 0.1) is 20.1 Å². The molecule has 1 unspecified atom stereocenters. The van der Waals surface area contributed by atoms with Crippen molar-refractivity contribution in [2.45, 2.75) is 12.3 Å². The predicted octanol–water partition coefficient (Wildman–Crippen LogP) is 2.62. The third kappa shape index (κ3) is 2.35. The summed E-state index contributed by atoms with van der Waals surface area (Å²) >= 11 is 0. The van der Waals surface area contributed by atoms with E-state index in [1.54, 1.807) is 20.3 Å². The van der Waals surface area contributed by atoms with Crippen LogP contribution in [-0.2, 0) is 11.2 Å². The fourth-order valence-electron chi connectivity index (χ4n) is 2.72. The number of carbonyl (C=O) groups excluding carboxylic acids is 1. The lowest BCUT2D eigenvalue weighted by molar-refractivity contribution is -0.119. The molecule has 114 valence electrons. The molecule has 5 nitrogen and oxygen atoms in total. The summed E-state index contributed by atoms with van der Waals surface area (Å²) in [5, 5.41) is 0. The van der Waals surface area contributed by atoms with Crippen molar-refractivity contribution in [3.05, 3.63) is 47.5 Å². The predicted molar refractivity (Wildman–Crippen MR) is 81.7 cm³/mol. The number of hydrogen-bond acceptors (Lipinski definition) is 4. The van der Waals surface area contributed by atoms with Crippen LogP contribution in [-0.4, -0.2) is 20.1 Å². The molecule has 1 atom stereocenters. The molecule has 0 aromatic heterocycles. The quantitative estimate of drug-likeness (QED) is 0.945. The summed E-state index contributed by atoms with van der Waals surface area (Å²) in [6.07, 6.45) is 0.460. The Kier molecular flexibility index (Phi) is 3.63. The minimum Gasteiger partial charge on any atom is -0.493 e. The van der Waals surface area contributed by atoms with Crippen molar-refractivity contribution in [3.63, 3.8) is 0 Å². The van der Waals surface area contributed by atoms with Crippen LogP contribution in [0, 0.1) is 0 Å². The number of carbonyl (C=O) groups is 1. The van der Waals surface area contributed by atoms with E-state index < -0.39 is 5.92 Å². The number of amides is 1. The van der Waals surface area contributed by atoms with Crippen LogP contribution in [0.2, 0.25) is 0 Å². The zero-order valence-corrected chi connectivity index (χ0v) is 12.5. The average molecular weight is 299 g/mol. The number of ether oxygens (including phenoxy) is 3. The molecule has 3 rings (SSSR count). The minimum atomic E-state index is -0.435. The Labute approximate surface area is 128 Å². The molecule has 0 saturated heterocycles. The standard InChI is InChI=1S/C17H17NO4/c1-20-15-8-10-7-12(17(18)19)11-5-3-4-6-13(11)22-14(10)9-16(15)21-2/h3-6,8-9,12H,7H2,1-2H3,(H2,18,19). The monoisotopic (exact) mass is 299 g/mol. The fraction of sp³-hybridized carbons (Fsp3) is 0.235. The SMILES string of the molecule is COc1cc2c(cc1OC)Oc1ccccc1C(C(N)=O)C2. The van der Waals surface area contributed by atoms with Gasteiger partial charge in [-0.05, 0) is 24.1 Å². The Bertz CT molecular complexity index is 727. The first-order valence-corrected chi connectivity index (χ1v) is 6.95. The van der Waals surface area contributed by atoms with Gasteiger partial charge in [0.2, 0.25) is 5.91 Å². The summed E-state index contributed by atoms with van der Waals surface area (Å²) in [7, 11) is 3.14. The van der Waals surface area contributed by atoms with Gasteiger partial charge in [0, 0.05) is 11.6 Å². The summed E-state index contributed by atoms with van der Waals surface area (Å²) < 4.78 is 16.6. The zero-order chi connectivity index (χ0) is 15.7. The van der Waals surface area contributed by atoms with Gasteiger partial charge in [-0.3, -0.25) is 4.79 Å². The van der Waals surface area contributed by atoms with Crippen molar-refractivity contribution in [3.8, 4) is 23.0 Å². The first-order chi connectivity index (χ1) is 10.6. The van der Waals surface area contributed by atoms with Gasteiger partial charge in [-0.1, -0.05) is 18.2 Å². The topological polar surface area (TPSA) is 70.8 Å². The molecular weight excluding hydrogens is 282 g/mol. The van der Waals surface area contributed by atoms with Crippen LogP contribution in [0.4, 0.5) is 0 Å². The first kappa shape index (κ1) is 14.3. The van der Waals surface area contributed by atoms with E-state index in [0.29, 0.717) is 29.4 Å². The Hall–Kier alpha value is -2.69. The first-order valence-electron chi connectivity index (χ1n) is 6.95. The Balaban J connectivity index is 2.16. The van der Waals surface area contributed by atoms with Gasteiger partial charge < -0.3 is 19.9 Å². The average Bonchev–Trinajstić information content (AvgIpc) is 2.69. The number of rotatable bonds is 3. The van der Waals surface area contributed by atoms with Crippen molar-refractivity contribution in [2.24, 2.45) is 5.73 Å². The highest BCUT2D eigenvalue weighted by Gasteiger charge is 2.28. The van der Waals surface area contributed by atoms with Crippen LogP contribution in [0.3, 0.4) is 0 Å². The molecule has 1 heterocycles. The number of methoxy groups -OCH3 is 2. The molecule has 2 aromatic rings. The molecule has 0 fully saturated rings. The highest BCUT2D eigenvalue weighted by Crippen LogP contribution is 2.43. The van der Waals surface area contributed by atoms with Crippen molar-refractivity contribution in [2.75, 3.05) is 14.2 Å². The van der Waals surface area contributed by atoms with Gasteiger partial charge in [0.15, 0.2) is 11.5 Å². The molecule has 1 aliphatic heterocycles. The molecule has 1 amide bonds. The third-order valence-electron chi connectivity index (χ3n) is 3.85. The maximum absolute atomic E-state index is 11.9. The second-order valence-electron chi connectivity index (χ2n) is 5.11. The molecule has 2 N–H and O–H groups in total. The van der Waals surface area contributed by atoms with Gasteiger partial charge >= 0.3 is 0 Å². The lowest BCUT2D eigenvalue weighted by Crippen LogP contribution is -2.22. The van der Waals surface area contributed by atoms with E-state index in [1.165, 1.54) is 0 Å². The van der Waals surface area contributed by atoms with E-state index in [4.69, 9.17) is 19.9 Å². The van der Waals surface area contributed by atoms with E-state index in [0.717, 1.165) is 11.1 Å². The Morgan fingerprint density at radius 2 is 1.82 bits per heavy atom. The minimum absolute atomic E-state index is 0.376. The van der Waals surface area contributed by atoms with Gasteiger partial charge in [-0.2, -0.15) is 0 Å². The molecular formula is C17H17NO4. The summed E-state index contributed by atoms with van der Waals surface area (Å²) in [5.74, 6) is 1.65. The van der Waals surface area contributed by atoms with Crippen LogP contribution in [0.5, 0.6) is 23.0 Å². The van der Waals surface area contributed by atoms with E-state index in [-0.39, 0.29) is 5.91 Å². The summed E-state index contributed by atoms with van der Waals surface area (Å²) in [6.45, 7) is 0. The number of fused-ring (bicyclic) bond motifs is 2. The van der Waals surface area contributed by atoms with Crippen molar-refractivity contribution in [1.29, 1.82) is 0 Å². The lowest BCUT2D eigenvalue weighted by Gasteiger charge is -2.13. The summed E-state index contributed by atoms with van der Waals surface area (Å²) in [6, 6.07) is 11.0. The van der Waals surface area contributed by atoms with Crippen LogP contribution >= 0.6 is 0 Å². The van der Waals surface area contributed by atoms with Crippen molar-refractivity contribution in [1.82, 2.24) is 0 Å². The number of primary amides is 1. The van der Waals surface area contributed by atoms with Gasteiger partial charge in [0.1, 0.15) is 11.5 Å². The van der Waals surface area contributed by atoms with Crippen LogP contribution < -0.4 is 19.9 Å². The zero-order valence-electron chi connectivity index (χ0n) is 12.5. The molecule has 0 spiro atoms. The second-order valence-corrected chi connectivity index (χ2v) is 5.11. The molecule has 22 heavy (non-hydrogen) atoms. The van der Waals surface area contributed by atoms with E-state index in [1.807, 2.05) is 30.3 Å². The van der Waals surface area contributed by atoms with Crippen LogP contribution in [0.25, 0.3) is 0 Å². The lowest BCUT2D eigenvalue weighted by atomic mass is 9.91. The molecule has 5 heteroatoms. The van der Waals surface area contributed by atoms with Gasteiger partial charge in [-0.15, -0.1) is 0 Å². The largest absolute Gasteiger partial charge is 0.493 e. The fourth-order valence-corrected chi connectivity index (χ4v) is 2.72. The Morgan fingerprint density at radius 1 is 1.14 bits per heavy atom. The molecule has 0 saturated carbocycles. The number of para-hydroxylation sites is 1.